The van der Waals surface area contributed by atoms with Crippen molar-refractivity contribution in [1.82, 2.24) is 10.6 Å². The molecule has 0 radical (unpaired) electrons. The van der Waals surface area contributed by atoms with E-state index < -0.39 is 5.92 Å². The Morgan fingerprint density at radius 3 is 3.00 bits per heavy atom. The van der Waals surface area contributed by atoms with E-state index in [4.69, 9.17) is 4.42 Å². The van der Waals surface area contributed by atoms with Crippen molar-refractivity contribution in [3.8, 4) is 0 Å². The number of carbonyl (C=O) groups is 3. The fourth-order valence-corrected chi connectivity index (χ4v) is 2.72. The summed E-state index contributed by atoms with van der Waals surface area (Å²) in [5.41, 5.74) is 1.78. The second kappa shape index (κ2) is 6.08. The van der Waals surface area contributed by atoms with Crippen molar-refractivity contribution in [2.45, 2.75) is 18.8 Å². The number of hydrogen-bond donors (Lipinski definition) is 2. The van der Waals surface area contributed by atoms with E-state index in [1.807, 2.05) is 0 Å². The Morgan fingerprint density at radius 2 is 2.26 bits per heavy atom. The minimum Gasteiger partial charge on any atom is -0.464 e. The molecule has 2 N–H and O–H groups in total. The maximum atomic E-state index is 12.1. The summed E-state index contributed by atoms with van der Waals surface area (Å²) in [6.07, 6.45) is 3.86. The summed E-state index contributed by atoms with van der Waals surface area (Å²) in [7, 11) is 0. The van der Waals surface area contributed by atoms with Gasteiger partial charge in [-0.3, -0.25) is 19.7 Å². The summed E-state index contributed by atoms with van der Waals surface area (Å²) in [4.78, 5) is 35.4. The van der Waals surface area contributed by atoms with Crippen molar-refractivity contribution in [2.75, 3.05) is 6.54 Å². The van der Waals surface area contributed by atoms with Crippen molar-refractivity contribution in [3.63, 3.8) is 0 Å². The Kier molecular flexibility index (Phi) is 3.97. The summed E-state index contributed by atoms with van der Waals surface area (Å²) < 4.78 is 5.48. The number of piperidine rings is 1. The lowest BCUT2D eigenvalue weighted by Gasteiger charge is -2.19. The molecule has 23 heavy (non-hydrogen) atoms. The molecule has 1 fully saturated rings. The molecule has 1 aliphatic rings. The molecule has 1 aromatic carbocycles. The van der Waals surface area contributed by atoms with Gasteiger partial charge in [0.05, 0.1) is 12.2 Å². The van der Waals surface area contributed by atoms with Crippen LogP contribution in [0.1, 0.15) is 34.7 Å². The van der Waals surface area contributed by atoms with E-state index in [0.717, 1.165) is 0 Å². The maximum Gasteiger partial charge on any atom is 0.251 e. The molecular weight excluding hydrogens is 296 g/mol. The van der Waals surface area contributed by atoms with Crippen LogP contribution >= 0.6 is 0 Å². The average Bonchev–Trinajstić information content (AvgIpc) is 2.95. The number of rotatable bonds is 4. The van der Waals surface area contributed by atoms with Crippen molar-refractivity contribution < 1.29 is 18.8 Å². The lowest BCUT2D eigenvalue weighted by atomic mass is 9.90. The second-order valence-electron chi connectivity index (χ2n) is 5.40. The van der Waals surface area contributed by atoms with Gasteiger partial charge in [-0.1, -0.05) is 6.08 Å². The number of furan rings is 1. The molecule has 3 rings (SSSR count). The quantitative estimate of drug-likeness (QED) is 0.666. The largest absolute Gasteiger partial charge is 0.464 e. The molecule has 1 aliphatic heterocycles. The molecule has 1 atom stereocenters. The van der Waals surface area contributed by atoms with Crippen molar-refractivity contribution in [3.05, 3.63) is 48.2 Å². The Morgan fingerprint density at radius 1 is 1.43 bits per heavy atom. The highest BCUT2D eigenvalue weighted by molar-refractivity contribution is 6.04. The van der Waals surface area contributed by atoms with Gasteiger partial charge in [0.2, 0.25) is 11.8 Å². The van der Waals surface area contributed by atoms with Crippen LogP contribution in [0.2, 0.25) is 0 Å². The molecule has 0 spiro atoms. The first kappa shape index (κ1) is 15.0. The Hall–Kier alpha value is -2.89. The molecule has 0 bridgehead atoms. The molecule has 1 unspecified atom stereocenters. The van der Waals surface area contributed by atoms with Crippen LogP contribution in [-0.4, -0.2) is 24.3 Å². The van der Waals surface area contributed by atoms with Crippen molar-refractivity contribution >= 4 is 28.7 Å². The van der Waals surface area contributed by atoms with E-state index in [0.29, 0.717) is 41.5 Å². The number of amides is 3. The monoisotopic (exact) mass is 312 g/mol. The molecule has 0 aliphatic carbocycles. The van der Waals surface area contributed by atoms with Gasteiger partial charge >= 0.3 is 0 Å². The van der Waals surface area contributed by atoms with E-state index in [1.54, 1.807) is 24.3 Å². The minimum absolute atomic E-state index is 0.220. The number of fused-ring (bicyclic) bond motifs is 1. The van der Waals surface area contributed by atoms with Gasteiger partial charge in [-0.05, 0) is 24.6 Å². The van der Waals surface area contributed by atoms with Gasteiger partial charge in [0.15, 0.2) is 0 Å². The van der Waals surface area contributed by atoms with Gasteiger partial charge in [-0.25, -0.2) is 0 Å². The molecular formula is C17H16N2O4. The Labute approximate surface area is 132 Å². The van der Waals surface area contributed by atoms with Gasteiger partial charge in [-0.15, -0.1) is 6.58 Å². The topological polar surface area (TPSA) is 88.4 Å². The van der Waals surface area contributed by atoms with Crippen LogP contribution < -0.4 is 10.6 Å². The van der Waals surface area contributed by atoms with Gasteiger partial charge < -0.3 is 9.73 Å². The van der Waals surface area contributed by atoms with Crippen LogP contribution in [0.3, 0.4) is 0 Å². The summed E-state index contributed by atoms with van der Waals surface area (Å²) in [6.45, 7) is 3.93. The lowest BCUT2D eigenvalue weighted by molar-refractivity contribution is -0.134. The first-order valence-electron chi connectivity index (χ1n) is 7.34. The highest BCUT2D eigenvalue weighted by atomic mass is 16.3. The highest BCUT2D eigenvalue weighted by Gasteiger charge is 2.30. The molecule has 118 valence electrons. The van der Waals surface area contributed by atoms with Gasteiger partial charge in [0.25, 0.3) is 5.91 Å². The van der Waals surface area contributed by atoms with Gasteiger partial charge in [0.1, 0.15) is 5.58 Å². The van der Waals surface area contributed by atoms with Crippen LogP contribution in [0, 0.1) is 0 Å². The number of nitrogens with one attached hydrogen (secondary N) is 2. The zero-order chi connectivity index (χ0) is 16.4. The van der Waals surface area contributed by atoms with E-state index in [1.165, 1.54) is 6.26 Å². The molecule has 3 amide bonds. The predicted octanol–water partition coefficient (Wildman–Crippen LogP) is 1.87. The fraction of sp³-hybridized carbons (Fsp3) is 0.235. The number of carbonyl (C=O) groups excluding carboxylic acids is 3. The third kappa shape index (κ3) is 2.88. The van der Waals surface area contributed by atoms with E-state index in [2.05, 4.69) is 17.2 Å². The van der Waals surface area contributed by atoms with Crippen molar-refractivity contribution in [1.29, 1.82) is 0 Å². The zero-order valence-corrected chi connectivity index (χ0v) is 12.4. The Balaban J connectivity index is 1.95. The van der Waals surface area contributed by atoms with Crippen LogP contribution in [0.25, 0.3) is 11.0 Å². The van der Waals surface area contributed by atoms with Gasteiger partial charge in [-0.2, -0.15) is 0 Å². The second-order valence-corrected chi connectivity index (χ2v) is 5.40. The van der Waals surface area contributed by atoms with Crippen LogP contribution in [0.4, 0.5) is 0 Å². The van der Waals surface area contributed by atoms with E-state index >= 15 is 0 Å². The van der Waals surface area contributed by atoms with Crippen molar-refractivity contribution in [2.24, 2.45) is 0 Å². The molecule has 6 heteroatoms. The molecule has 2 aromatic rings. The number of hydrogen-bond acceptors (Lipinski definition) is 4. The molecule has 6 nitrogen and oxygen atoms in total. The molecule has 1 aromatic heterocycles. The maximum absolute atomic E-state index is 12.1. The third-order valence-electron chi connectivity index (χ3n) is 3.89. The summed E-state index contributed by atoms with van der Waals surface area (Å²) in [6, 6.07) is 5.07. The first-order valence-corrected chi connectivity index (χ1v) is 7.34. The number of imide groups is 1. The minimum atomic E-state index is -0.444. The first-order chi connectivity index (χ1) is 11.1. The van der Waals surface area contributed by atoms with Crippen LogP contribution in [-0.2, 0) is 9.59 Å². The summed E-state index contributed by atoms with van der Waals surface area (Å²) >= 11 is 0. The number of benzene rings is 1. The predicted molar refractivity (Wildman–Crippen MR) is 83.9 cm³/mol. The Bertz CT molecular complexity index is 806. The standard InChI is InChI=1S/C17H16N2O4/c1-2-7-18-16(21)10-3-5-14-12(8-10)13(9-23-14)11-4-6-15(20)19-17(11)22/h2-3,5,8-9,11H,1,4,6-7H2,(H,18,21)(H,19,20,22). The third-order valence-corrected chi connectivity index (χ3v) is 3.89. The average molecular weight is 312 g/mol. The SMILES string of the molecule is C=CCNC(=O)c1ccc2occ(C3CCC(=O)NC3=O)c2c1. The van der Waals surface area contributed by atoms with Gasteiger partial charge in [0, 0.05) is 29.5 Å². The molecule has 1 saturated heterocycles. The zero-order valence-electron chi connectivity index (χ0n) is 12.4. The van der Waals surface area contributed by atoms with E-state index in [-0.39, 0.29) is 17.7 Å². The van der Waals surface area contributed by atoms with Crippen LogP contribution in [0.15, 0.2) is 41.5 Å². The lowest BCUT2D eigenvalue weighted by Crippen LogP contribution is -2.39. The van der Waals surface area contributed by atoms with Crippen LogP contribution in [0.5, 0.6) is 0 Å². The fourth-order valence-electron chi connectivity index (χ4n) is 2.72. The normalized spacial score (nSPS) is 17.8. The highest BCUT2D eigenvalue weighted by Crippen LogP contribution is 2.33. The van der Waals surface area contributed by atoms with E-state index in [9.17, 15) is 14.4 Å². The molecule has 0 saturated carbocycles. The summed E-state index contributed by atoms with van der Waals surface area (Å²) in [5, 5.41) is 5.76. The molecule has 2 heterocycles. The summed E-state index contributed by atoms with van der Waals surface area (Å²) in [5.74, 6) is -1.25. The smallest absolute Gasteiger partial charge is 0.251 e.